The molecule has 0 aliphatic carbocycles. The molecule has 0 amide bonds. The third kappa shape index (κ3) is 3.72. The van der Waals surface area contributed by atoms with Gasteiger partial charge in [-0.2, -0.15) is 0 Å². The van der Waals surface area contributed by atoms with Gasteiger partial charge in [-0.3, -0.25) is 9.59 Å². The van der Waals surface area contributed by atoms with Gasteiger partial charge in [0.2, 0.25) is 11.8 Å². The lowest BCUT2D eigenvalue weighted by molar-refractivity contribution is 0.620. The van der Waals surface area contributed by atoms with Gasteiger partial charge in [-0.05, 0) is 60.7 Å². The Labute approximate surface area is 239 Å². The molecule has 0 radical (unpaired) electrons. The van der Waals surface area contributed by atoms with E-state index in [1.54, 1.807) is 23.2 Å². The first-order valence-corrected chi connectivity index (χ1v) is 13.4. The van der Waals surface area contributed by atoms with Crippen molar-refractivity contribution in [3.8, 4) is 22.9 Å². The summed E-state index contributed by atoms with van der Waals surface area (Å²) in [5.41, 5.74) is 5.91. The maximum absolute atomic E-state index is 13.2. The molecule has 210 valence electrons. The predicted octanol–water partition coefficient (Wildman–Crippen LogP) is 5.14. The molecule has 0 bridgehead atoms. The van der Waals surface area contributed by atoms with Crippen LogP contribution in [0.2, 0.25) is 0 Å². The lowest BCUT2D eigenvalue weighted by atomic mass is 10.1. The fourth-order valence-electron chi connectivity index (χ4n) is 5.37. The first kappa shape index (κ1) is 25.6. The van der Waals surface area contributed by atoms with E-state index in [4.69, 9.17) is 8.83 Å². The minimum absolute atomic E-state index is 0.224. The van der Waals surface area contributed by atoms with E-state index in [1.807, 2.05) is 98.7 Å². The fraction of sp³-hybridized carbons (Fsp3) is 0.188. The van der Waals surface area contributed by atoms with Crippen molar-refractivity contribution >= 4 is 55.4 Å². The zero-order valence-corrected chi connectivity index (χ0v) is 24.1. The Hall–Kier alpha value is -5.38. The highest BCUT2D eigenvalue weighted by Crippen LogP contribution is 2.33. The highest BCUT2D eigenvalue weighted by atomic mass is 16.4. The lowest BCUT2D eigenvalue weighted by Gasteiger charge is -2.14. The van der Waals surface area contributed by atoms with Gasteiger partial charge in [0.1, 0.15) is 0 Å². The molecule has 10 heteroatoms. The summed E-state index contributed by atoms with van der Waals surface area (Å²) in [6.45, 7) is 0. The van der Waals surface area contributed by atoms with Crippen molar-refractivity contribution in [3.05, 3.63) is 81.4 Å². The van der Waals surface area contributed by atoms with Crippen LogP contribution in [0.3, 0.4) is 0 Å². The van der Waals surface area contributed by atoms with Crippen LogP contribution in [-0.2, 0) is 14.1 Å². The first-order valence-electron chi connectivity index (χ1n) is 13.4. The Bertz CT molecular complexity index is 2160. The zero-order chi connectivity index (χ0) is 29.4. The number of aryl methyl sites for hydroxylation is 2. The van der Waals surface area contributed by atoms with Gasteiger partial charge >= 0.3 is 0 Å². The molecule has 3 aromatic carbocycles. The third-order valence-corrected chi connectivity index (χ3v) is 7.85. The van der Waals surface area contributed by atoms with Crippen molar-refractivity contribution in [2.45, 2.75) is 0 Å². The molecule has 7 rings (SSSR count). The van der Waals surface area contributed by atoms with Crippen molar-refractivity contribution in [1.29, 1.82) is 0 Å². The molecule has 0 unspecified atom stereocenters. The minimum Gasteiger partial charge on any atom is -0.435 e. The van der Waals surface area contributed by atoms with E-state index in [9.17, 15) is 9.59 Å². The summed E-state index contributed by atoms with van der Waals surface area (Å²) >= 11 is 0. The molecule has 0 aliphatic heterocycles. The number of rotatable bonds is 4. The Morgan fingerprint density at radius 1 is 0.595 bits per heavy atom. The quantitative estimate of drug-likeness (QED) is 0.292. The molecule has 4 aromatic heterocycles. The van der Waals surface area contributed by atoms with E-state index >= 15 is 0 Å². The maximum atomic E-state index is 13.2. The van der Waals surface area contributed by atoms with Gasteiger partial charge in [0.15, 0.2) is 22.2 Å². The Balaban J connectivity index is 1.31. The Morgan fingerprint density at radius 2 is 0.976 bits per heavy atom. The molecule has 0 fully saturated rings. The summed E-state index contributed by atoms with van der Waals surface area (Å²) in [4.78, 5) is 39.4. The molecule has 0 saturated heterocycles. The molecule has 0 saturated carbocycles. The van der Waals surface area contributed by atoms with Crippen molar-refractivity contribution < 1.29 is 8.83 Å². The standard InChI is InChI=1S/C32H28N6O4/c1-35(2)19-11-13-21-23(15-19)37(5)31(39)25-27(21)41-29(33-25)17-7-9-18(10-8-17)30-34-26-28(42-30)22-14-12-20(36(3)4)16-24(22)38(6)32(26)40/h7-16H,1-6H3. The highest BCUT2D eigenvalue weighted by Gasteiger charge is 2.20. The normalized spacial score (nSPS) is 11.8. The predicted molar refractivity (Wildman–Crippen MR) is 167 cm³/mol. The van der Waals surface area contributed by atoms with E-state index in [2.05, 4.69) is 9.97 Å². The lowest BCUT2D eigenvalue weighted by Crippen LogP contribution is -2.18. The van der Waals surface area contributed by atoms with Crippen LogP contribution in [0.5, 0.6) is 0 Å². The van der Waals surface area contributed by atoms with Gasteiger partial charge in [-0.15, -0.1) is 0 Å². The van der Waals surface area contributed by atoms with Gasteiger partial charge in [0.25, 0.3) is 11.1 Å². The second-order valence-corrected chi connectivity index (χ2v) is 10.9. The third-order valence-electron chi connectivity index (χ3n) is 7.85. The molecule has 4 heterocycles. The van der Waals surface area contributed by atoms with Gasteiger partial charge < -0.3 is 27.8 Å². The average molecular weight is 561 g/mol. The van der Waals surface area contributed by atoms with E-state index in [1.165, 1.54) is 0 Å². The maximum Gasteiger partial charge on any atom is 0.280 e. The number of aromatic nitrogens is 4. The smallest absolute Gasteiger partial charge is 0.280 e. The van der Waals surface area contributed by atoms with Crippen LogP contribution in [0.4, 0.5) is 11.4 Å². The van der Waals surface area contributed by atoms with Crippen LogP contribution in [0.1, 0.15) is 0 Å². The molecule has 0 spiro atoms. The van der Waals surface area contributed by atoms with Crippen molar-refractivity contribution in [2.75, 3.05) is 38.0 Å². The fourth-order valence-corrected chi connectivity index (χ4v) is 5.37. The van der Waals surface area contributed by atoms with E-state index in [-0.39, 0.29) is 22.2 Å². The number of nitrogens with zero attached hydrogens (tertiary/aromatic N) is 6. The summed E-state index contributed by atoms with van der Waals surface area (Å²) in [6.07, 6.45) is 0. The molecule has 0 N–H and O–H groups in total. The summed E-state index contributed by atoms with van der Waals surface area (Å²) in [6, 6.07) is 19.2. The van der Waals surface area contributed by atoms with Crippen molar-refractivity contribution in [1.82, 2.24) is 19.1 Å². The number of fused-ring (bicyclic) bond motifs is 6. The van der Waals surface area contributed by atoms with Gasteiger partial charge in [-0.1, -0.05) is 0 Å². The molecular weight excluding hydrogens is 532 g/mol. The van der Waals surface area contributed by atoms with Crippen LogP contribution in [0.15, 0.2) is 79.1 Å². The first-order chi connectivity index (χ1) is 20.1. The number of anilines is 2. The molecule has 0 aliphatic rings. The number of hydrogen-bond donors (Lipinski definition) is 0. The van der Waals surface area contributed by atoms with E-state index < -0.39 is 0 Å². The van der Waals surface area contributed by atoms with E-state index in [0.717, 1.165) is 33.2 Å². The summed E-state index contributed by atoms with van der Waals surface area (Å²) in [5, 5.41) is 1.62. The van der Waals surface area contributed by atoms with Crippen LogP contribution < -0.4 is 20.9 Å². The van der Waals surface area contributed by atoms with Gasteiger partial charge in [0.05, 0.1) is 11.0 Å². The van der Waals surface area contributed by atoms with Crippen molar-refractivity contribution in [3.63, 3.8) is 0 Å². The minimum atomic E-state index is -0.224. The zero-order valence-electron chi connectivity index (χ0n) is 24.1. The molecule has 10 nitrogen and oxygen atoms in total. The van der Waals surface area contributed by atoms with Gasteiger partial charge in [0, 0.05) is 75.6 Å². The summed E-state index contributed by atoms with van der Waals surface area (Å²) < 4.78 is 15.6. The Kier molecular flexibility index (Phi) is 5.52. The molecule has 7 aromatic rings. The number of hydrogen-bond acceptors (Lipinski definition) is 8. The number of benzene rings is 3. The highest BCUT2D eigenvalue weighted by molar-refractivity contribution is 6.03. The average Bonchev–Trinajstić information content (AvgIpc) is 3.64. The SMILES string of the molecule is CN(C)c1ccc2c3oc(-c4ccc(-c5nc6c(=O)n(C)c7cc(N(C)C)ccc7c6o5)cc4)nc3c(=O)n(C)c2c1. The molecular formula is C32H28N6O4. The molecule has 0 atom stereocenters. The van der Waals surface area contributed by atoms with Gasteiger partial charge in [-0.25, -0.2) is 9.97 Å². The summed E-state index contributed by atoms with van der Waals surface area (Å²) in [7, 11) is 11.3. The second kappa shape index (κ2) is 9.07. The Morgan fingerprint density at radius 3 is 1.33 bits per heavy atom. The molecule has 42 heavy (non-hydrogen) atoms. The van der Waals surface area contributed by atoms with Crippen LogP contribution in [0.25, 0.3) is 66.9 Å². The number of oxazole rings is 2. The second-order valence-electron chi connectivity index (χ2n) is 10.9. The topological polar surface area (TPSA) is 103 Å². The van der Waals surface area contributed by atoms with Crippen molar-refractivity contribution in [2.24, 2.45) is 14.1 Å². The van der Waals surface area contributed by atoms with Crippen LogP contribution in [-0.4, -0.2) is 47.3 Å². The monoisotopic (exact) mass is 560 g/mol. The largest absolute Gasteiger partial charge is 0.435 e. The van der Waals surface area contributed by atoms with Crippen LogP contribution >= 0.6 is 0 Å². The van der Waals surface area contributed by atoms with E-state index in [0.29, 0.717) is 34.1 Å². The summed E-state index contributed by atoms with van der Waals surface area (Å²) in [5.74, 6) is 0.680. The van der Waals surface area contributed by atoms with Crippen LogP contribution in [0, 0.1) is 0 Å². The number of pyridine rings is 2.